The van der Waals surface area contributed by atoms with Gasteiger partial charge < -0.3 is 14.5 Å². The third kappa shape index (κ3) is 4.89. The van der Waals surface area contributed by atoms with Crippen LogP contribution in [0.25, 0.3) is 22.1 Å². The van der Waals surface area contributed by atoms with Crippen molar-refractivity contribution < 1.29 is 13.9 Å². The summed E-state index contributed by atoms with van der Waals surface area (Å²) in [6, 6.07) is 24.1. The fraction of sp³-hybridized carbons (Fsp3) is 0.185. The fourth-order valence-electron chi connectivity index (χ4n) is 3.47. The van der Waals surface area contributed by atoms with Gasteiger partial charge in [0.1, 0.15) is 11.3 Å². The second-order valence-electron chi connectivity index (χ2n) is 7.78. The Morgan fingerprint density at radius 3 is 2.44 bits per heavy atom. The quantitative estimate of drug-likeness (QED) is 0.368. The lowest BCUT2D eigenvalue weighted by atomic mass is 9.99. The van der Waals surface area contributed by atoms with Crippen molar-refractivity contribution in [1.29, 1.82) is 0 Å². The zero-order valence-corrected chi connectivity index (χ0v) is 18.1. The van der Waals surface area contributed by atoms with Crippen LogP contribution in [0.2, 0.25) is 0 Å². The van der Waals surface area contributed by atoms with E-state index in [2.05, 4.69) is 19.2 Å². The van der Waals surface area contributed by atoms with Crippen LogP contribution in [-0.4, -0.2) is 12.5 Å². The maximum Gasteiger partial charge on any atom is 0.344 e. The number of ether oxygens (including phenoxy) is 1. The van der Waals surface area contributed by atoms with Crippen molar-refractivity contribution in [2.24, 2.45) is 0 Å². The lowest BCUT2D eigenvalue weighted by Gasteiger charge is -2.11. The SMILES string of the molecule is CC[C@@H](C)c1ccc(OCC(=O)Nc2ccc(-c3cc4ccccc4oc3=O)cc2)cc1. The third-order valence-electron chi connectivity index (χ3n) is 5.55. The van der Waals surface area contributed by atoms with E-state index in [-0.39, 0.29) is 12.5 Å². The van der Waals surface area contributed by atoms with E-state index in [0.717, 1.165) is 17.4 Å². The van der Waals surface area contributed by atoms with Crippen LogP contribution < -0.4 is 15.7 Å². The summed E-state index contributed by atoms with van der Waals surface area (Å²) in [7, 11) is 0. The van der Waals surface area contributed by atoms with Gasteiger partial charge in [0.05, 0.1) is 5.56 Å². The maximum atomic E-state index is 12.3. The molecule has 0 aliphatic rings. The lowest BCUT2D eigenvalue weighted by Crippen LogP contribution is -2.20. The van der Waals surface area contributed by atoms with Gasteiger partial charge in [0.15, 0.2) is 6.61 Å². The van der Waals surface area contributed by atoms with E-state index in [1.807, 2.05) is 48.5 Å². The highest BCUT2D eigenvalue weighted by atomic mass is 16.5. The number of carbonyl (C=O) groups is 1. The van der Waals surface area contributed by atoms with E-state index in [4.69, 9.17) is 9.15 Å². The molecule has 0 aliphatic heterocycles. The number of hydrogen-bond acceptors (Lipinski definition) is 4. The molecule has 0 unspecified atom stereocenters. The Balaban J connectivity index is 1.38. The molecule has 1 N–H and O–H groups in total. The molecule has 0 saturated heterocycles. The smallest absolute Gasteiger partial charge is 0.344 e. The number of hydrogen-bond donors (Lipinski definition) is 1. The molecule has 0 spiro atoms. The topological polar surface area (TPSA) is 68.5 Å². The van der Waals surface area contributed by atoms with Crippen molar-refractivity contribution in [2.75, 3.05) is 11.9 Å². The van der Waals surface area contributed by atoms with E-state index in [9.17, 15) is 9.59 Å². The average molecular weight is 428 g/mol. The number of nitrogens with one attached hydrogen (secondary N) is 1. The summed E-state index contributed by atoms with van der Waals surface area (Å²) in [6.07, 6.45) is 1.08. The third-order valence-corrected chi connectivity index (χ3v) is 5.55. The summed E-state index contributed by atoms with van der Waals surface area (Å²) in [5, 5.41) is 3.66. The molecule has 1 aromatic heterocycles. The van der Waals surface area contributed by atoms with Crippen molar-refractivity contribution >= 4 is 22.6 Å². The minimum absolute atomic E-state index is 0.0846. The second kappa shape index (κ2) is 9.52. The largest absolute Gasteiger partial charge is 0.484 e. The van der Waals surface area contributed by atoms with Crippen molar-refractivity contribution in [3.8, 4) is 16.9 Å². The van der Waals surface area contributed by atoms with Gasteiger partial charge in [0, 0.05) is 11.1 Å². The molecule has 3 aromatic carbocycles. The van der Waals surface area contributed by atoms with Crippen LogP contribution in [0.15, 0.2) is 88.1 Å². The van der Waals surface area contributed by atoms with Crippen LogP contribution in [0.5, 0.6) is 5.75 Å². The first kappa shape index (κ1) is 21.4. The maximum absolute atomic E-state index is 12.3. The molecule has 0 radical (unpaired) electrons. The van der Waals surface area contributed by atoms with Crippen LogP contribution in [0.3, 0.4) is 0 Å². The number of para-hydroxylation sites is 1. The Kier molecular flexibility index (Phi) is 6.36. The predicted octanol–water partition coefficient (Wildman–Crippen LogP) is 5.99. The van der Waals surface area contributed by atoms with Crippen molar-refractivity contribution in [3.05, 3.63) is 94.8 Å². The molecule has 0 bridgehead atoms. The zero-order chi connectivity index (χ0) is 22.5. The first-order valence-corrected chi connectivity index (χ1v) is 10.7. The zero-order valence-electron chi connectivity index (χ0n) is 18.1. The fourth-order valence-corrected chi connectivity index (χ4v) is 3.47. The highest BCUT2D eigenvalue weighted by Gasteiger charge is 2.09. The van der Waals surface area contributed by atoms with E-state index in [1.165, 1.54) is 5.56 Å². The number of carbonyl (C=O) groups excluding carboxylic acids is 1. The van der Waals surface area contributed by atoms with Crippen LogP contribution in [0.4, 0.5) is 5.69 Å². The second-order valence-corrected chi connectivity index (χ2v) is 7.78. The predicted molar refractivity (Wildman–Crippen MR) is 127 cm³/mol. The Bertz CT molecular complexity index is 1270. The number of benzene rings is 3. The molecule has 162 valence electrons. The molecule has 1 atom stereocenters. The van der Waals surface area contributed by atoms with Gasteiger partial charge in [-0.1, -0.05) is 56.3 Å². The Labute approximate surface area is 186 Å². The molecule has 32 heavy (non-hydrogen) atoms. The van der Waals surface area contributed by atoms with Gasteiger partial charge in [-0.05, 0) is 59.9 Å². The standard InChI is InChI=1S/C27H25NO4/c1-3-18(2)19-10-14-23(15-11-19)31-17-26(29)28-22-12-8-20(9-13-22)24-16-21-6-4-5-7-25(21)32-27(24)30/h4-16,18H,3,17H2,1-2H3,(H,28,29)/t18-/m1/s1. The number of anilines is 1. The van der Waals surface area contributed by atoms with E-state index < -0.39 is 5.63 Å². The van der Waals surface area contributed by atoms with E-state index in [0.29, 0.717) is 28.5 Å². The van der Waals surface area contributed by atoms with Crippen molar-refractivity contribution in [3.63, 3.8) is 0 Å². The molecular formula is C27H25NO4. The van der Waals surface area contributed by atoms with Crippen molar-refractivity contribution in [2.45, 2.75) is 26.2 Å². The van der Waals surface area contributed by atoms with Crippen LogP contribution in [-0.2, 0) is 4.79 Å². The van der Waals surface area contributed by atoms with Gasteiger partial charge in [-0.2, -0.15) is 0 Å². The molecule has 5 heteroatoms. The first-order valence-electron chi connectivity index (χ1n) is 10.7. The summed E-state index contributed by atoms with van der Waals surface area (Å²) < 4.78 is 11.0. The summed E-state index contributed by atoms with van der Waals surface area (Å²) in [6.45, 7) is 4.25. The van der Waals surface area contributed by atoms with Gasteiger partial charge >= 0.3 is 5.63 Å². The molecule has 1 heterocycles. The Morgan fingerprint density at radius 2 is 1.72 bits per heavy atom. The number of rotatable bonds is 7. The van der Waals surface area contributed by atoms with Gasteiger partial charge in [0.25, 0.3) is 5.91 Å². The molecule has 5 nitrogen and oxygen atoms in total. The summed E-state index contributed by atoms with van der Waals surface area (Å²) in [4.78, 5) is 24.6. The molecule has 1 amide bonds. The first-order chi connectivity index (χ1) is 15.5. The summed E-state index contributed by atoms with van der Waals surface area (Å²) in [5.41, 5.74) is 3.24. The van der Waals surface area contributed by atoms with Crippen LogP contribution in [0.1, 0.15) is 31.7 Å². The normalized spacial score (nSPS) is 11.8. The minimum Gasteiger partial charge on any atom is -0.484 e. The lowest BCUT2D eigenvalue weighted by molar-refractivity contribution is -0.118. The highest BCUT2D eigenvalue weighted by Crippen LogP contribution is 2.23. The van der Waals surface area contributed by atoms with Gasteiger partial charge in [-0.3, -0.25) is 4.79 Å². The summed E-state index contributed by atoms with van der Waals surface area (Å²) >= 11 is 0. The molecule has 4 aromatic rings. The monoisotopic (exact) mass is 427 g/mol. The van der Waals surface area contributed by atoms with E-state index >= 15 is 0 Å². The summed E-state index contributed by atoms with van der Waals surface area (Å²) in [5.74, 6) is 0.899. The molecular weight excluding hydrogens is 402 g/mol. The van der Waals surface area contributed by atoms with E-state index in [1.54, 1.807) is 30.3 Å². The number of fused-ring (bicyclic) bond motifs is 1. The molecule has 0 aliphatic carbocycles. The van der Waals surface area contributed by atoms with Crippen LogP contribution in [0, 0.1) is 0 Å². The minimum atomic E-state index is -0.395. The Hall–Kier alpha value is -3.86. The molecule has 0 saturated carbocycles. The van der Waals surface area contributed by atoms with Crippen molar-refractivity contribution in [1.82, 2.24) is 0 Å². The number of amides is 1. The van der Waals surface area contributed by atoms with Gasteiger partial charge in [-0.25, -0.2) is 4.79 Å². The van der Waals surface area contributed by atoms with Gasteiger partial charge in [0.2, 0.25) is 0 Å². The molecule has 4 rings (SSSR count). The molecule has 0 fully saturated rings. The van der Waals surface area contributed by atoms with Gasteiger partial charge in [-0.15, -0.1) is 0 Å². The Morgan fingerprint density at radius 1 is 1.00 bits per heavy atom. The highest BCUT2D eigenvalue weighted by molar-refractivity contribution is 5.92. The van der Waals surface area contributed by atoms with Crippen LogP contribution >= 0.6 is 0 Å². The average Bonchev–Trinajstić information content (AvgIpc) is 2.82.